The number of carbonyl (C=O) groups is 2. The van der Waals surface area contributed by atoms with Crippen molar-refractivity contribution >= 4 is 11.9 Å². The van der Waals surface area contributed by atoms with Gasteiger partial charge in [0.2, 0.25) is 5.91 Å². The monoisotopic (exact) mass is 362 g/mol. The molecule has 1 saturated heterocycles. The Morgan fingerprint density at radius 3 is 2.23 bits per heavy atom. The van der Waals surface area contributed by atoms with Gasteiger partial charge in [0.15, 0.2) is 0 Å². The summed E-state index contributed by atoms with van der Waals surface area (Å²) in [5.41, 5.74) is 0.810. The van der Waals surface area contributed by atoms with E-state index in [1.54, 1.807) is 12.1 Å². The number of piperidine rings is 1. The number of nitrogens with zero attached hydrogens (tertiary/aromatic N) is 1. The standard InChI is InChI=1S/C20H27FN2O3/c21-16-8-4-14(5-9-16)18(23-12-2-1-3-13-23)19(24)22-17-10-6-15(7-11-17)20(25)26/h4-5,8-9,15,17-18H,1-3,6-7,10-13H2,(H,22,24)(H,25,26). The summed E-state index contributed by atoms with van der Waals surface area (Å²) < 4.78 is 13.3. The summed E-state index contributed by atoms with van der Waals surface area (Å²) in [4.78, 5) is 26.3. The maximum absolute atomic E-state index is 13.3. The first kappa shape index (κ1) is 18.8. The molecular formula is C20H27FN2O3. The number of halogens is 1. The van der Waals surface area contributed by atoms with E-state index in [0.717, 1.165) is 31.5 Å². The van der Waals surface area contributed by atoms with Crippen LogP contribution in [0.1, 0.15) is 56.6 Å². The van der Waals surface area contributed by atoms with E-state index in [2.05, 4.69) is 10.2 Å². The van der Waals surface area contributed by atoms with Crippen molar-refractivity contribution in [3.8, 4) is 0 Å². The Kier molecular flexibility index (Phi) is 6.25. The lowest BCUT2D eigenvalue weighted by Crippen LogP contribution is -2.47. The summed E-state index contributed by atoms with van der Waals surface area (Å²) in [7, 11) is 0. The van der Waals surface area contributed by atoms with Gasteiger partial charge < -0.3 is 10.4 Å². The lowest BCUT2D eigenvalue weighted by atomic mass is 9.86. The predicted molar refractivity (Wildman–Crippen MR) is 96.1 cm³/mol. The van der Waals surface area contributed by atoms with Gasteiger partial charge >= 0.3 is 5.97 Å². The highest BCUT2D eigenvalue weighted by atomic mass is 19.1. The Morgan fingerprint density at radius 1 is 1.04 bits per heavy atom. The van der Waals surface area contributed by atoms with Crippen LogP contribution in [0.2, 0.25) is 0 Å². The Labute approximate surface area is 153 Å². The number of hydrogen-bond acceptors (Lipinski definition) is 3. The van der Waals surface area contributed by atoms with E-state index >= 15 is 0 Å². The summed E-state index contributed by atoms with van der Waals surface area (Å²) in [5, 5.41) is 12.2. The summed E-state index contributed by atoms with van der Waals surface area (Å²) in [6.07, 6.45) is 5.89. The molecule has 0 radical (unpaired) electrons. The molecule has 2 aliphatic rings. The van der Waals surface area contributed by atoms with Crippen LogP contribution in [0.5, 0.6) is 0 Å². The number of carbonyl (C=O) groups excluding carboxylic acids is 1. The molecule has 1 aromatic rings. The Bertz CT molecular complexity index is 620. The third-order valence-corrected chi connectivity index (χ3v) is 5.61. The van der Waals surface area contributed by atoms with Crippen LogP contribution in [0, 0.1) is 11.7 Å². The van der Waals surface area contributed by atoms with Gasteiger partial charge in [0.05, 0.1) is 5.92 Å². The molecule has 0 aromatic heterocycles. The largest absolute Gasteiger partial charge is 0.481 e. The third-order valence-electron chi connectivity index (χ3n) is 5.61. The molecule has 1 amide bonds. The van der Waals surface area contributed by atoms with Crippen LogP contribution in [0.25, 0.3) is 0 Å². The van der Waals surface area contributed by atoms with Gasteiger partial charge in [0, 0.05) is 6.04 Å². The fourth-order valence-electron chi connectivity index (χ4n) is 4.11. The van der Waals surface area contributed by atoms with Crippen molar-refractivity contribution in [1.29, 1.82) is 0 Å². The molecule has 0 bridgehead atoms. The van der Waals surface area contributed by atoms with Gasteiger partial charge in [-0.05, 0) is 69.3 Å². The minimum absolute atomic E-state index is 0.0193. The van der Waals surface area contributed by atoms with E-state index in [-0.39, 0.29) is 23.7 Å². The SMILES string of the molecule is O=C(O)C1CCC(NC(=O)C(c2ccc(F)cc2)N2CCCCC2)CC1. The van der Waals surface area contributed by atoms with Crippen molar-refractivity contribution in [3.05, 3.63) is 35.6 Å². The fourth-order valence-corrected chi connectivity index (χ4v) is 4.11. The van der Waals surface area contributed by atoms with Gasteiger partial charge in [-0.2, -0.15) is 0 Å². The van der Waals surface area contributed by atoms with Gasteiger partial charge in [0.25, 0.3) is 0 Å². The maximum Gasteiger partial charge on any atom is 0.306 e. The zero-order chi connectivity index (χ0) is 18.5. The van der Waals surface area contributed by atoms with Crippen LogP contribution >= 0.6 is 0 Å². The Hall–Kier alpha value is -1.95. The molecule has 6 heteroatoms. The van der Waals surface area contributed by atoms with E-state index in [0.29, 0.717) is 25.7 Å². The molecule has 1 heterocycles. The van der Waals surface area contributed by atoms with E-state index in [1.807, 2.05) is 0 Å². The highest BCUT2D eigenvalue weighted by Gasteiger charge is 2.32. The van der Waals surface area contributed by atoms with Crippen molar-refractivity contribution in [3.63, 3.8) is 0 Å². The first-order valence-corrected chi connectivity index (χ1v) is 9.57. The van der Waals surface area contributed by atoms with Crippen molar-refractivity contribution in [2.24, 2.45) is 5.92 Å². The number of hydrogen-bond donors (Lipinski definition) is 2. The summed E-state index contributed by atoms with van der Waals surface area (Å²) in [6.45, 7) is 1.72. The number of carboxylic acid groups (broad SMARTS) is 1. The number of aliphatic carboxylic acids is 1. The van der Waals surface area contributed by atoms with E-state index in [9.17, 15) is 14.0 Å². The first-order chi connectivity index (χ1) is 12.5. The first-order valence-electron chi connectivity index (χ1n) is 9.57. The van der Waals surface area contributed by atoms with Crippen LogP contribution in [-0.2, 0) is 9.59 Å². The average molecular weight is 362 g/mol. The van der Waals surface area contributed by atoms with Crippen molar-refractivity contribution in [2.75, 3.05) is 13.1 Å². The van der Waals surface area contributed by atoms with Crippen LogP contribution < -0.4 is 5.32 Å². The quantitative estimate of drug-likeness (QED) is 0.844. The zero-order valence-corrected chi connectivity index (χ0v) is 15.0. The second-order valence-corrected chi connectivity index (χ2v) is 7.45. The number of amides is 1. The average Bonchev–Trinajstić information content (AvgIpc) is 2.65. The molecule has 26 heavy (non-hydrogen) atoms. The number of nitrogens with one attached hydrogen (secondary N) is 1. The van der Waals surface area contributed by atoms with Gasteiger partial charge in [-0.25, -0.2) is 4.39 Å². The normalized spacial score (nSPS) is 25.4. The van der Waals surface area contributed by atoms with E-state index in [4.69, 9.17) is 5.11 Å². The number of rotatable bonds is 5. The van der Waals surface area contributed by atoms with Crippen LogP contribution in [0.15, 0.2) is 24.3 Å². The molecule has 5 nitrogen and oxygen atoms in total. The van der Waals surface area contributed by atoms with Gasteiger partial charge in [-0.3, -0.25) is 14.5 Å². The summed E-state index contributed by atoms with van der Waals surface area (Å²) in [6, 6.07) is 5.79. The Morgan fingerprint density at radius 2 is 1.65 bits per heavy atom. The minimum Gasteiger partial charge on any atom is -0.481 e. The lowest BCUT2D eigenvalue weighted by molar-refractivity contribution is -0.142. The number of carboxylic acids is 1. The second kappa shape index (κ2) is 8.62. The van der Waals surface area contributed by atoms with Crippen molar-refractivity contribution in [2.45, 2.75) is 57.0 Å². The highest BCUT2D eigenvalue weighted by molar-refractivity contribution is 5.83. The molecule has 1 atom stereocenters. The van der Waals surface area contributed by atoms with Crippen LogP contribution in [0.4, 0.5) is 4.39 Å². The number of likely N-dealkylation sites (tertiary alicyclic amines) is 1. The smallest absolute Gasteiger partial charge is 0.306 e. The molecular weight excluding hydrogens is 335 g/mol. The minimum atomic E-state index is -0.743. The Balaban J connectivity index is 1.68. The van der Waals surface area contributed by atoms with Gasteiger partial charge in [0.1, 0.15) is 11.9 Å². The molecule has 1 unspecified atom stereocenters. The number of benzene rings is 1. The maximum atomic E-state index is 13.3. The topological polar surface area (TPSA) is 69.6 Å². The zero-order valence-electron chi connectivity index (χ0n) is 15.0. The molecule has 2 N–H and O–H groups in total. The van der Waals surface area contributed by atoms with Crippen molar-refractivity contribution < 1.29 is 19.1 Å². The fraction of sp³-hybridized carbons (Fsp3) is 0.600. The molecule has 0 spiro atoms. The van der Waals surface area contributed by atoms with Crippen LogP contribution in [0.3, 0.4) is 0 Å². The molecule has 1 aliphatic carbocycles. The van der Waals surface area contributed by atoms with Gasteiger partial charge in [-0.1, -0.05) is 18.6 Å². The molecule has 142 valence electrons. The van der Waals surface area contributed by atoms with E-state index in [1.165, 1.54) is 18.6 Å². The molecule has 3 rings (SSSR count). The lowest BCUT2D eigenvalue weighted by Gasteiger charge is -2.35. The van der Waals surface area contributed by atoms with Gasteiger partial charge in [-0.15, -0.1) is 0 Å². The summed E-state index contributed by atoms with van der Waals surface area (Å²) >= 11 is 0. The second-order valence-electron chi connectivity index (χ2n) is 7.45. The summed E-state index contributed by atoms with van der Waals surface area (Å²) in [5.74, 6) is -1.40. The van der Waals surface area contributed by atoms with E-state index < -0.39 is 12.0 Å². The predicted octanol–water partition coefficient (Wildman–Crippen LogP) is 3.11. The molecule has 1 aromatic carbocycles. The third kappa shape index (κ3) is 4.61. The van der Waals surface area contributed by atoms with Crippen molar-refractivity contribution in [1.82, 2.24) is 10.2 Å². The highest BCUT2D eigenvalue weighted by Crippen LogP contribution is 2.28. The molecule has 1 aliphatic heterocycles. The molecule has 1 saturated carbocycles. The van der Waals surface area contributed by atoms with Crippen LogP contribution in [-0.4, -0.2) is 41.0 Å². The molecule has 2 fully saturated rings.